The van der Waals surface area contributed by atoms with E-state index >= 15 is 0 Å². The number of nitrogen functional groups attached to an aromatic ring is 1. The molecule has 2 heterocycles. The number of rotatable bonds is 2. The number of hydrogen-bond donors (Lipinski definition) is 2. The maximum atomic E-state index is 5.87. The van der Waals surface area contributed by atoms with Crippen molar-refractivity contribution in [2.24, 2.45) is 0 Å². The van der Waals surface area contributed by atoms with Gasteiger partial charge in [0.2, 0.25) is 5.88 Å². The molecule has 2 rings (SSSR count). The highest BCUT2D eigenvalue weighted by Crippen LogP contribution is 2.45. The van der Waals surface area contributed by atoms with E-state index in [1.54, 1.807) is 7.11 Å². The van der Waals surface area contributed by atoms with E-state index in [2.05, 4.69) is 20.8 Å². The van der Waals surface area contributed by atoms with Crippen LogP contribution in [-0.2, 0) is 0 Å². The summed E-state index contributed by atoms with van der Waals surface area (Å²) in [5.74, 6) is 0.450. The smallest absolute Gasteiger partial charge is 0.241 e. The van der Waals surface area contributed by atoms with Gasteiger partial charge in [0.15, 0.2) is 0 Å². The number of anilines is 1. The van der Waals surface area contributed by atoms with Crippen LogP contribution in [0.1, 0.15) is 0 Å². The summed E-state index contributed by atoms with van der Waals surface area (Å²) in [5, 5.41) is 5.04. The fourth-order valence-electron chi connectivity index (χ4n) is 1.21. The van der Waals surface area contributed by atoms with Crippen molar-refractivity contribution in [2.45, 2.75) is 5.03 Å². The Hall–Kier alpha value is -1.49. The van der Waals surface area contributed by atoms with Gasteiger partial charge >= 0.3 is 0 Å². The Labute approximate surface area is 84.9 Å². The Morgan fingerprint density at radius 3 is 2.64 bits per heavy atom. The molecule has 2 N–H and O–H groups in total. The van der Waals surface area contributed by atoms with Crippen molar-refractivity contribution in [2.75, 3.05) is 12.8 Å². The molecule has 0 saturated carbocycles. The van der Waals surface area contributed by atoms with Crippen LogP contribution in [-0.4, -0.2) is 17.1 Å². The predicted molar refractivity (Wildman–Crippen MR) is 58.5 cm³/mol. The molecule has 1 aromatic rings. The van der Waals surface area contributed by atoms with Gasteiger partial charge in [0.25, 0.3) is 0 Å². The van der Waals surface area contributed by atoms with Crippen molar-refractivity contribution < 1.29 is 4.74 Å². The molecule has 74 valence electrons. The second kappa shape index (κ2) is 3.71. The second-order valence-electron chi connectivity index (χ2n) is 2.71. The third-order valence-electron chi connectivity index (χ3n) is 1.87. The lowest BCUT2D eigenvalue weighted by Gasteiger charge is -2.12. The summed E-state index contributed by atoms with van der Waals surface area (Å²) in [6, 6.07) is 0. The fraction of sp³-hybridized carbons (Fsp3) is 0.111. The van der Waals surface area contributed by atoms with Crippen LogP contribution in [0.3, 0.4) is 0 Å². The van der Waals surface area contributed by atoms with Crippen LogP contribution in [0.4, 0.5) is 5.69 Å². The van der Waals surface area contributed by atoms with Crippen LogP contribution in [0.15, 0.2) is 34.3 Å². The van der Waals surface area contributed by atoms with Gasteiger partial charge in [-0.3, -0.25) is 0 Å². The number of hydrogen-bond acceptors (Lipinski definition) is 4. The molecular formula is C9H11N3OS. The normalized spacial score (nSPS) is 16.2. The number of allylic oxidation sites excluding steroid dienone is 2. The lowest BCUT2D eigenvalue weighted by atomic mass is 10.5. The first-order valence-electron chi connectivity index (χ1n) is 4.10. The van der Waals surface area contributed by atoms with Gasteiger partial charge in [-0.25, -0.2) is 4.98 Å². The van der Waals surface area contributed by atoms with Crippen molar-refractivity contribution in [3.05, 3.63) is 29.3 Å². The molecule has 1 aromatic heterocycles. The maximum Gasteiger partial charge on any atom is 0.241 e. The van der Waals surface area contributed by atoms with Gasteiger partial charge < -0.3 is 10.5 Å². The molecule has 14 heavy (non-hydrogen) atoms. The number of nitrogens with two attached hydrogens (primary N) is 1. The average molecular weight is 209 g/mol. The minimum Gasteiger partial charge on any atom is -0.479 e. The maximum absolute atomic E-state index is 5.87. The zero-order valence-corrected chi connectivity index (χ0v) is 8.61. The van der Waals surface area contributed by atoms with Gasteiger partial charge in [-0.15, -0.1) is 0 Å². The van der Waals surface area contributed by atoms with E-state index in [-0.39, 0.29) is 0 Å². The Balaban J connectivity index is 2.42. The van der Waals surface area contributed by atoms with Crippen molar-refractivity contribution in [1.29, 1.82) is 0 Å². The van der Waals surface area contributed by atoms with Crippen molar-refractivity contribution >= 4 is 16.6 Å². The van der Waals surface area contributed by atoms with Gasteiger partial charge in [-0.1, -0.05) is 12.2 Å². The highest BCUT2D eigenvalue weighted by molar-refractivity contribution is 8.22. The molecule has 0 aliphatic carbocycles. The summed E-state index contributed by atoms with van der Waals surface area (Å²) in [4.78, 5) is 8.11. The van der Waals surface area contributed by atoms with Gasteiger partial charge in [-0.2, -0.15) is 15.9 Å². The molecule has 0 fully saturated rings. The average Bonchev–Trinajstić information content (AvgIpc) is 2.71. The quantitative estimate of drug-likeness (QED) is 0.572. The van der Waals surface area contributed by atoms with E-state index in [0.29, 0.717) is 11.6 Å². The monoisotopic (exact) mass is 209 g/mol. The Morgan fingerprint density at radius 2 is 2.00 bits per heavy atom. The largest absolute Gasteiger partial charge is 0.479 e. The fourth-order valence-corrected chi connectivity index (χ4v) is 2.73. The molecule has 0 radical (unpaired) electrons. The zero-order chi connectivity index (χ0) is 9.97. The van der Waals surface area contributed by atoms with E-state index in [0.717, 1.165) is 5.03 Å². The number of methoxy groups -OCH3 is 1. The molecule has 0 bridgehead atoms. The highest BCUT2D eigenvalue weighted by Gasteiger charge is 2.12. The minimum atomic E-state index is -0.500. The van der Waals surface area contributed by atoms with E-state index in [1.165, 1.54) is 6.33 Å². The number of thiol groups is 1. The van der Waals surface area contributed by atoms with Crippen molar-refractivity contribution in [3.63, 3.8) is 0 Å². The molecule has 5 heteroatoms. The lowest BCUT2D eigenvalue weighted by molar-refractivity contribution is 0.397. The highest BCUT2D eigenvalue weighted by atomic mass is 32.2. The number of ether oxygens (including phenoxy) is 1. The molecule has 0 atom stereocenters. The van der Waals surface area contributed by atoms with Crippen LogP contribution in [0.25, 0.3) is 0 Å². The summed E-state index contributed by atoms with van der Waals surface area (Å²) in [7, 11) is 1.05. The number of nitrogens with zero attached hydrogens (tertiary/aromatic N) is 2. The molecule has 0 aromatic carbocycles. The molecular weight excluding hydrogens is 198 g/mol. The van der Waals surface area contributed by atoms with E-state index in [1.807, 2.05) is 12.2 Å². The number of aromatic nitrogens is 2. The van der Waals surface area contributed by atoms with Crippen LogP contribution in [0.2, 0.25) is 0 Å². The molecule has 1 aliphatic heterocycles. The predicted octanol–water partition coefficient (Wildman–Crippen LogP) is 1.47. The first-order chi connectivity index (χ1) is 6.83. The summed E-state index contributed by atoms with van der Waals surface area (Å²) < 4.78 is 5.03. The molecule has 0 saturated heterocycles. The Morgan fingerprint density at radius 1 is 1.29 bits per heavy atom. The first kappa shape index (κ1) is 9.08. The molecule has 0 amide bonds. The van der Waals surface area contributed by atoms with Gasteiger partial charge in [0.1, 0.15) is 17.0 Å². The first-order valence-corrected chi connectivity index (χ1v) is 5.58. The van der Waals surface area contributed by atoms with Crippen LogP contribution in [0, 0.1) is 0 Å². The van der Waals surface area contributed by atoms with E-state index in [9.17, 15) is 0 Å². The lowest BCUT2D eigenvalue weighted by Crippen LogP contribution is -2.00. The van der Waals surface area contributed by atoms with Crippen LogP contribution in [0.5, 0.6) is 5.88 Å². The molecule has 0 spiro atoms. The van der Waals surface area contributed by atoms with Gasteiger partial charge in [-0.05, 0) is 10.8 Å². The van der Waals surface area contributed by atoms with Gasteiger partial charge in [0, 0.05) is 0 Å². The van der Waals surface area contributed by atoms with Crippen LogP contribution < -0.4 is 10.5 Å². The zero-order valence-electron chi connectivity index (χ0n) is 7.71. The summed E-state index contributed by atoms with van der Waals surface area (Å²) in [5.41, 5.74) is 6.41. The third kappa shape index (κ3) is 1.46. The van der Waals surface area contributed by atoms with Crippen molar-refractivity contribution in [1.82, 2.24) is 9.97 Å². The Bertz CT molecular complexity index is 391. The van der Waals surface area contributed by atoms with E-state index in [4.69, 9.17) is 10.5 Å². The SMILES string of the molecule is COc1ncnc([SH]2C=CC=C2)c1N. The van der Waals surface area contributed by atoms with Crippen LogP contribution >= 0.6 is 10.9 Å². The summed E-state index contributed by atoms with van der Waals surface area (Å²) >= 11 is 0. The standard InChI is InChI=1S/C9H11N3OS/c1-13-8-7(10)9(12-6-11-8)14-4-2-3-5-14/h2-6,14H,10H2,1H3. The molecule has 0 unspecified atom stereocenters. The second-order valence-corrected chi connectivity index (χ2v) is 4.54. The van der Waals surface area contributed by atoms with E-state index < -0.39 is 10.9 Å². The van der Waals surface area contributed by atoms with Gasteiger partial charge in [0.05, 0.1) is 7.11 Å². The summed E-state index contributed by atoms with van der Waals surface area (Å²) in [6.07, 6.45) is 5.48. The Kier molecular flexibility index (Phi) is 2.41. The summed E-state index contributed by atoms with van der Waals surface area (Å²) in [6.45, 7) is 0. The minimum absolute atomic E-state index is 0.450. The topological polar surface area (TPSA) is 61.0 Å². The molecule has 4 nitrogen and oxygen atoms in total. The third-order valence-corrected chi connectivity index (χ3v) is 3.70. The van der Waals surface area contributed by atoms with Crippen molar-refractivity contribution in [3.8, 4) is 5.88 Å². The molecule has 1 aliphatic rings.